The van der Waals surface area contributed by atoms with E-state index < -0.39 is 0 Å². The Balaban J connectivity index is 1.74. The molecule has 4 rings (SSSR count). The molecule has 0 saturated heterocycles. The highest BCUT2D eigenvalue weighted by Crippen LogP contribution is 2.25. The lowest BCUT2D eigenvalue weighted by Crippen LogP contribution is -2.18. The number of rotatable bonds is 1. The minimum Gasteiger partial charge on any atom is -0.376 e. The number of fused-ring (bicyclic) bond motifs is 2. The van der Waals surface area contributed by atoms with E-state index in [4.69, 9.17) is 9.47 Å². The molecule has 0 saturated carbocycles. The number of hydrogen-bond acceptors (Lipinski definition) is 4. The van der Waals surface area contributed by atoms with Crippen LogP contribution in [0, 0.1) is 0 Å². The van der Waals surface area contributed by atoms with Gasteiger partial charge in [-0.1, -0.05) is 0 Å². The van der Waals surface area contributed by atoms with Crippen molar-refractivity contribution < 1.29 is 9.47 Å². The van der Waals surface area contributed by atoms with Crippen molar-refractivity contribution in [3.05, 3.63) is 54.0 Å². The second kappa shape index (κ2) is 6.71. The van der Waals surface area contributed by atoms with E-state index in [2.05, 4.69) is 29.1 Å². The van der Waals surface area contributed by atoms with E-state index in [0.717, 1.165) is 36.0 Å². The standard InChI is InChI=1S/C19H21N3O2/c1-14-12-23-13-17-9-16-11-21-22(18-4-6-20-7-5-18)19(16)10-15(17)3-2-8-24-14/h4-7,9-11,14H,2-3,8,12-13H2,1H3. The number of ether oxygens (including phenoxy) is 2. The maximum atomic E-state index is 5.83. The second-order valence-corrected chi connectivity index (χ2v) is 6.24. The Morgan fingerprint density at radius 1 is 1.17 bits per heavy atom. The molecule has 1 aliphatic heterocycles. The van der Waals surface area contributed by atoms with Crippen molar-refractivity contribution in [3.63, 3.8) is 0 Å². The monoisotopic (exact) mass is 323 g/mol. The molecule has 0 N–H and O–H groups in total. The first-order valence-electron chi connectivity index (χ1n) is 8.40. The van der Waals surface area contributed by atoms with Crippen LogP contribution in [0.3, 0.4) is 0 Å². The normalized spacial score (nSPS) is 19.1. The molecule has 0 spiro atoms. The number of hydrogen-bond donors (Lipinski definition) is 0. The van der Waals surface area contributed by atoms with Gasteiger partial charge in [0.1, 0.15) is 0 Å². The van der Waals surface area contributed by atoms with Crippen LogP contribution in [-0.2, 0) is 22.5 Å². The van der Waals surface area contributed by atoms with E-state index in [0.29, 0.717) is 13.2 Å². The molecule has 1 aromatic carbocycles. The lowest BCUT2D eigenvalue weighted by Gasteiger charge is -2.18. The maximum Gasteiger partial charge on any atom is 0.0780 e. The van der Waals surface area contributed by atoms with Crippen molar-refractivity contribution in [2.45, 2.75) is 32.5 Å². The molecule has 0 fully saturated rings. The predicted octanol–water partition coefficient (Wildman–Crippen LogP) is 3.29. The summed E-state index contributed by atoms with van der Waals surface area (Å²) >= 11 is 0. The zero-order valence-electron chi connectivity index (χ0n) is 13.8. The number of pyridine rings is 1. The Hall–Kier alpha value is -2.24. The summed E-state index contributed by atoms with van der Waals surface area (Å²) in [6, 6.07) is 8.39. The molecule has 2 aromatic heterocycles. The topological polar surface area (TPSA) is 49.2 Å². The van der Waals surface area contributed by atoms with Gasteiger partial charge >= 0.3 is 0 Å². The van der Waals surface area contributed by atoms with Gasteiger partial charge in [-0.3, -0.25) is 4.98 Å². The minimum absolute atomic E-state index is 0.157. The van der Waals surface area contributed by atoms with E-state index in [1.165, 1.54) is 11.1 Å². The van der Waals surface area contributed by atoms with Crippen LogP contribution in [-0.4, -0.2) is 34.1 Å². The summed E-state index contributed by atoms with van der Waals surface area (Å²) in [5.74, 6) is 0. The number of aromatic nitrogens is 3. The van der Waals surface area contributed by atoms with Gasteiger partial charge in [-0.15, -0.1) is 0 Å². The lowest BCUT2D eigenvalue weighted by atomic mass is 10.0. The Morgan fingerprint density at radius 3 is 2.92 bits per heavy atom. The molecule has 1 unspecified atom stereocenters. The third kappa shape index (κ3) is 3.05. The van der Waals surface area contributed by atoms with Crippen LogP contribution in [0.1, 0.15) is 24.5 Å². The zero-order chi connectivity index (χ0) is 16.4. The Labute approximate surface area is 141 Å². The van der Waals surface area contributed by atoms with Crippen molar-refractivity contribution in [1.29, 1.82) is 0 Å². The molecule has 5 heteroatoms. The van der Waals surface area contributed by atoms with Gasteiger partial charge < -0.3 is 9.47 Å². The van der Waals surface area contributed by atoms with Gasteiger partial charge in [0, 0.05) is 24.4 Å². The van der Waals surface area contributed by atoms with E-state index >= 15 is 0 Å². The predicted molar refractivity (Wildman–Crippen MR) is 92.3 cm³/mol. The highest BCUT2D eigenvalue weighted by molar-refractivity contribution is 5.82. The molecule has 1 aliphatic rings. The van der Waals surface area contributed by atoms with Gasteiger partial charge in [-0.25, -0.2) is 4.68 Å². The Morgan fingerprint density at radius 2 is 2.04 bits per heavy atom. The molecule has 0 amide bonds. The number of nitrogens with zero attached hydrogens (tertiary/aromatic N) is 3. The van der Waals surface area contributed by atoms with Gasteiger partial charge in [0.05, 0.1) is 36.7 Å². The molecule has 0 bridgehead atoms. The van der Waals surface area contributed by atoms with Crippen LogP contribution in [0.15, 0.2) is 42.9 Å². The van der Waals surface area contributed by atoms with Crippen LogP contribution in [0.5, 0.6) is 0 Å². The molecule has 0 radical (unpaired) electrons. The fourth-order valence-corrected chi connectivity index (χ4v) is 3.15. The van der Waals surface area contributed by atoms with Crippen molar-refractivity contribution in [1.82, 2.24) is 14.8 Å². The highest BCUT2D eigenvalue weighted by Gasteiger charge is 2.13. The van der Waals surface area contributed by atoms with Gasteiger partial charge in [0.2, 0.25) is 0 Å². The fraction of sp³-hybridized carbons (Fsp3) is 0.368. The highest BCUT2D eigenvalue weighted by atomic mass is 16.5. The SMILES string of the molecule is CC1COCc2cc3cnn(-c4ccncc4)c3cc2CCCO1. The molecule has 3 heterocycles. The summed E-state index contributed by atoms with van der Waals surface area (Å²) in [7, 11) is 0. The molecule has 0 aliphatic carbocycles. The van der Waals surface area contributed by atoms with E-state index in [9.17, 15) is 0 Å². The van der Waals surface area contributed by atoms with Crippen LogP contribution in [0.4, 0.5) is 0 Å². The van der Waals surface area contributed by atoms with Crippen LogP contribution in [0.25, 0.3) is 16.6 Å². The molecule has 1 atom stereocenters. The van der Waals surface area contributed by atoms with Crippen molar-refractivity contribution in [2.75, 3.05) is 13.2 Å². The largest absolute Gasteiger partial charge is 0.376 e. The van der Waals surface area contributed by atoms with Gasteiger partial charge in [-0.2, -0.15) is 5.10 Å². The average Bonchev–Trinajstić information content (AvgIpc) is 3.02. The average molecular weight is 323 g/mol. The first-order valence-corrected chi connectivity index (χ1v) is 8.40. The fourth-order valence-electron chi connectivity index (χ4n) is 3.15. The van der Waals surface area contributed by atoms with Crippen LogP contribution >= 0.6 is 0 Å². The zero-order valence-corrected chi connectivity index (χ0v) is 13.8. The van der Waals surface area contributed by atoms with E-state index in [1.807, 2.05) is 23.0 Å². The maximum absolute atomic E-state index is 5.83. The molecular weight excluding hydrogens is 302 g/mol. The van der Waals surface area contributed by atoms with Crippen LogP contribution in [0.2, 0.25) is 0 Å². The minimum atomic E-state index is 0.157. The number of benzene rings is 1. The van der Waals surface area contributed by atoms with Crippen LogP contribution < -0.4 is 0 Å². The summed E-state index contributed by atoms with van der Waals surface area (Å²) in [4.78, 5) is 4.08. The lowest BCUT2D eigenvalue weighted by molar-refractivity contribution is -0.0148. The summed E-state index contributed by atoms with van der Waals surface area (Å²) in [6.07, 6.45) is 7.66. The number of aryl methyl sites for hydroxylation is 1. The van der Waals surface area contributed by atoms with Crippen molar-refractivity contribution in [2.24, 2.45) is 0 Å². The molecule has 5 nitrogen and oxygen atoms in total. The second-order valence-electron chi connectivity index (χ2n) is 6.24. The van der Waals surface area contributed by atoms with Gasteiger partial charge in [-0.05, 0) is 55.2 Å². The first-order chi connectivity index (χ1) is 11.8. The van der Waals surface area contributed by atoms with Gasteiger partial charge in [0.15, 0.2) is 0 Å². The smallest absolute Gasteiger partial charge is 0.0780 e. The molecular formula is C19H21N3O2. The Kier molecular flexibility index (Phi) is 4.28. The third-order valence-corrected chi connectivity index (χ3v) is 4.40. The van der Waals surface area contributed by atoms with Crippen molar-refractivity contribution >= 4 is 10.9 Å². The van der Waals surface area contributed by atoms with E-state index in [-0.39, 0.29) is 6.10 Å². The summed E-state index contributed by atoms with van der Waals surface area (Å²) in [6.45, 7) is 4.09. The van der Waals surface area contributed by atoms with Crippen molar-refractivity contribution in [3.8, 4) is 5.69 Å². The summed E-state index contributed by atoms with van der Waals surface area (Å²) in [5.41, 5.74) is 4.71. The first kappa shape index (κ1) is 15.3. The summed E-state index contributed by atoms with van der Waals surface area (Å²) in [5, 5.41) is 5.69. The van der Waals surface area contributed by atoms with Gasteiger partial charge in [0.25, 0.3) is 0 Å². The molecule has 3 aromatic rings. The quantitative estimate of drug-likeness (QED) is 0.689. The molecule has 24 heavy (non-hydrogen) atoms. The Bertz CT molecular complexity index is 829. The third-order valence-electron chi connectivity index (χ3n) is 4.40. The molecule has 124 valence electrons. The van der Waals surface area contributed by atoms with E-state index in [1.54, 1.807) is 12.4 Å². The summed E-state index contributed by atoms with van der Waals surface area (Å²) < 4.78 is 13.5.